The van der Waals surface area contributed by atoms with Gasteiger partial charge in [-0.25, -0.2) is 4.98 Å². The molecule has 2 N–H and O–H groups in total. The summed E-state index contributed by atoms with van der Waals surface area (Å²) in [6, 6.07) is 9.92. The van der Waals surface area contributed by atoms with E-state index in [4.69, 9.17) is 10.7 Å². The molecule has 0 spiro atoms. The van der Waals surface area contributed by atoms with Gasteiger partial charge in [0.15, 0.2) is 0 Å². The largest absolute Gasteiger partial charge is 0.397 e. The second kappa shape index (κ2) is 5.33. The minimum absolute atomic E-state index is 0.725. The number of imidazole rings is 1. The number of hydrogen-bond acceptors (Lipinski definition) is 3. The number of benzene rings is 1. The summed E-state index contributed by atoms with van der Waals surface area (Å²) in [5.41, 5.74) is 9.78. The van der Waals surface area contributed by atoms with Crippen molar-refractivity contribution < 1.29 is 0 Å². The number of nitrogen functional groups attached to an aromatic ring is 1. The van der Waals surface area contributed by atoms with Crippen LogP contribution in [0.15, 0.2) is 42.7 Å². The first kappa shape index (κ1) is 12.7. The van der Waals surface area contributed by atoms with Gasteiger partial charge >= 0.3 is 0 Å². The van der Waals surface area contributed by atoms with Crippen molar-refractivity contribution in [3.8, 4) is 11.4 Å². The predicted molar refractivity (Wildman–Crippen MR) is 82.3 cm³/mol. The van der Waals surface area contributed by atoms with Crippen LogP contribution < -0.4 is 5.73 Å². The monoisotopic (exact) mass is 266 g/mol. The lowest BCUT2D eigenvalue weighted by Crippen LogP contribution is -2.00. The Morgan fingerprint density at radius 1 is 1.20 bits per heavy atom. The van der Waals surface area contributed by atoms with Crippen LogP contribution in [0.5, 0.6) is 0 Å². The number of nitrogens with zero attached hydrogens (tertiary/aromatic N) is 3. The summed E-state index contributed by atoms with van der Waals surface area (Å²) in [5, 5.41) is 0. The topological polar surface area (TPSA) is 56.7 Å². The Bertz CT molecular complexity index is 716. The Kier molecular flexibility index (Phi) is 3.37. The van der Waals surface area contributed by atoms with Crippen LogP contribution in [-0.4, -0.2) is 14.5 Å². The minimum atomic E-state index is 0.725. The maximum absolute atomic E-state index is 6.05. The van der Waals surface area contributed by atoms with E-state index in [1.54, 1.807) is 6.20 Å². The van der Waals surface area contributed by atoms with Crippen molar-refractivity contribution in [2.24, 2.45) is 0 Å². The summed E-state index contributed by atoms with van der Waals surface area (Å²) < 4.78 is 2.24. The van der Waals surface area contributed by atoms with Gasteiger partial charge in [-0.3, -0.25) is 4.98 Å². The molecule has 0 aliphatic carbocycles. The molecule has 0 aliphatic heterocycles. The molecule has 2 heterocycles. The third-order valence-corrected chi connectivity index (χ3v) is 3.47. The number of nitrogens with two attached hydrogens (primary N) is 1. The van der Waals surface area contributed by atoms with Crippen molar-refractivity contribution in [1.82, 2.24) is 14.5 Å². The number of fused-ring (bicyclic) bond motifs is 1. The Labute approximate surface area is 118 Å². The maximum atomic E-state index is 6.05. The van der Waals surface area contributed by atoms with Crippen LogP contribution in [-0.2, 0) is 6.54 Å². The summed E-state index contributed by atoms with van der Waals surface area (Å²) >= 11 is 0. The fourth-order valence-electron chi connectivity index (χ4n) is 2.43. The lowest BCUT2D eigenvalue weighted by molar-refractivity contribution is 0.651. The summed E-state index contributed by atoms with van der Waals surface area (Å²) in [5.74, 6) is 0.944. The van der Waals surface area contributed by atoms with Crippen LogP contribution in [0, 0.1) is 0 Å². The number of unbranched alkanes of at least 4 members (excludes halogenated alkanes) is 1. The van der Waals surface area contributed by atoms with Gasteiger partial charge in [0.05, 0.1) is 11.2 Å². The van der Waals surface area contributed by atoms with Crippen LogP contribution in [0.1, 0.15) is 19.8 Å². The Balaban J connectivity index is 2.22. The van der Waals surface area contributed by atoms with E-state index in [9.17, 15) is 0 Å². The molecule has 0 bridgehead atoms. The molecule has 3 rings (SSSR count). The van der Waals surface area contributed by atoms with Gasteiger partial charge in [-0.2, -0.15) is 0 Å². The molecule has 0 amide bonds. The lowest BCUT2D eigenvalue weighted by Gasteiger charge is -2.08. The van der Waals surface area contributed by atoms with E-state index in [-0.39, 0.29) is 0 Å². The standard InChI is InChI=1S/C16H18N4/c1-2-3-10-20-14-8-4-7-13(17)15(14)19-16(20)12-6-5-9-18-11-12/h4-9,11H,2-3,10,17H2,1H3. The van der Waals surface area contributed by atoms with E-state index in [1.165, 1.54) is 0 Å². The van der Waals surface area contributed by atoms with Gasteiger partial charge in [0.1, 0.15) is 11.3 Å². The highest BCUT2D eigenvalue weighted by Crippen LogP contribution is 2.27. The highest BCUT2D eigenvalue weighted by Gasteiger charge is 2.13. The third-order valence-electron chi connectivity index (χ3n) is 3.47. The molecule has 0 saturated heterocycles. The molecule has 4 nitrogen and oxygen atoms in total. The SMILES string of the molecule is CCCCn1c(-c2cccnc2)nc2c(N)cccc21. The first-order valence-electron chi connectivity index (χ1n) is 6.96. The number of aromatic nitrogens is 3. The van der Waals surface area contributed by atoms with Crippen molar-refractivity contribution in [2.75, 3.05) is 5.73 Å². The molecule has 2 aromatic heterocycles. The molecule has 0 aliphatic rings. The van der Waals surface area contributed by atoms with Gasteiger partial charge in [0.25, 0.3) is 0 Å². The van der Waals surface area contributed by atoms with E-state index >= 15 is 0 Å². The predicted octanol–water partition coefficient (Wildman–Crippen LogP) is 3.48. The van der Waals surface area contributed by atoms with E-state index < -0.39 is 0 Å². The first-order chi connectivity index (χ1) is 9.81. The Hall–Kier alpha value is -2.36. The van der Waals surface area contributed by atoms with Gasteiger partial charge in [-0.1, -0.05) is 19.4 Å². The summed E-state index contributed by atoms with van der Waals surface area (Å²) in [6.07, 6.45) is 5.89. The van der Waals surface area contributed by atoms with E-state index in [0.717, 1.165) is 47.5 Å². The molecule has 0 saturated carbocycles. The summed E-state index contributed by atoms with van der Waals surface area (Å²) in [6.45, 7) is 3.14. The van der Waals surface area contributed by atoms with Gasteiger partial charge in [-0.05, 0) is 30.7 Å². The zero-order valence-electron chi connectivity index (χ0n) is 11.6. The van der Waals surface area contributed by atoms with Crippen molar-refractivity contribution in [2.45, 2.75) is 26.3 Å². The summed E-state index contributed by atoms with van der Waals surface area (Å²) in [4.78, 5) is 8.92. The Morgan fingerprint density at radius 2 is 2.10 bits per heavy atom. The van der Waals surface area contributed by atoms with Crippen LogP contribution in [0.25, 0.3) is 22.4 Å². The molecule has 102 valence electrons. The molecular weight excluding hydrogens is 248 g/mol. The Morgan fingerprint density at radius 3 is 2.85 bits per heavy atom. The van der Waals surface area contributed by atoms with Crippen molar-refractivity contribution in [1.29, 1.82) is 0 Å². The van der Waals surface area contributed by atoms with Gasteiger partial charge in [-0.15, -0.1) is 0 Å². The molecule has 4 heteroatoms. The zero-order valence-corrected chi connectivity index (χ0v) is 11.6. The van der Waals surface area contributed by atoms with Gasteiger partial charge in [0.2, 0.25) is 0 Å². The number of rotatable bonds is 4. The fourth-order valence-corrected chi connectivity index (χ4v) is 2.43. The van der Waals surface area contributed by atoms with Crippen molar-refractivity contribution in [3.05, 3.63) is 42.7 Å². The second-order valence-corrected chi connectivity index (χ2v) is 4.90. The number of anilines is 1. The molecular formula is C16H18N4. The van der Waals surface area contributed by atoms with Crippen molar-refractivity contribution >= 4 is 16.7 Å². The second-order valence-electron chi connectivity index (χ2n) is 4.90. The lowest BCUT2D eigenvalue weighted by atomic mass is 10.2. The minimum Gasteiger partial charge on any atom is -0.397 e. The molecule has 1 aromatic carbocycles. The number of hydrogen-bond donors (Lipinski definition) is 1. The number of aryl methyl sites for hydroxylation is 1. The molecule has 3 aromatic rings. The molecule has 0 atom stereocenters. The number of para-hydroxylation sites is 1. The molecule has 20 heavy (non-hydrogen) atoms. The fraction of sp³-hybridized carbons (Fsp3) is 0.250. The van der Waals surface area contributed by atoms with Crippen LogP contribution in [0.2, 0.25) is 0 Å². The first-order valence-corrected chi connectivity index (χ1v) is 6.96. The third kappa shape index (κ3) is 2.13. The van der Waals surface area contributed by atoms with Crippen molar-refractivity contribution in [3.63, 3.8) is 0 Å². The van der Waals surface area contributed by atoms with Gasteiger partial charge in [0, 0.05) is 24.5 Å². The van der Waals surface area contributed by atoms with Crippen LogP contribution >= 0.6 is 0 Å². The van der Waals surface area contributed by atoms with E-state index in [1.807, 2.05) is 30.5 Å². The normalized spacial score (nSPS) is 11.1. The zero-order chi connectivity index (χ0) is 13.9. The molecule has 0 radical (unpaired) electrons. The van der Waals surface area contributed by atoms with E-state index in [2.05, 4.69) is 22.5 Å². The summed E-state index contributed by atoms with van der Waals surface area (Å²) in [7, 11) is 0. The van der Waals surface area contributed by atoms with Crippen LogP contribution in [0.3, 0.4) is 0 Å². The smallest absolute Gasteiger partial charge is 0.142 e. The van der Waals surface area contributed by atoms with E-state index in [0.29, 0.717) is 0 Å². The average molecular weight is 266 g/mol. The molecule has 0 fully saturated rings. The van der Waals surface area contributed by atoms with Gasteiger partial charge < -0.3 is 10.3 Å². The highest BCUT2D eigenvalue weighted by atomic mass is 15.1. The maximum Gasteiger partial charge on any atom is 0.142 e. The highest BCUT2D eigenvalue weighted by molar-refractivity contribution is 5.90. The van der Waals surface area contributed by atoms with Crippen LogP contribution in [0.4, 0.5) is 5.69 Å². The average Bonchev–Trinajstić information content (AvgIpc) is 2.86. The molecule has 0 unspecified atom stereocenters. The quantitative estimate of drug-likeness (QED) is 0.735. The number of pyridine rings is 1.